The fourth-order valence-corrected chi connectivity index (χ4v) is 3.18. The van der Waals surface area contributed by atoms with E-state index >= 15 is 0 Å². The number of nitrogens with zero attached hydrogens (tertiary/aromatic N) is 1. The first-order chi connectivity index (χ1) is 11.6. The molecule has 4 nitrogen and oxygen atoms in total. The van der Waals surface area contributed by atoms with Crippen LogP contribution in [0.3, 0.4) is 0 Å². The van der Waals surface area contributed by atoms with E-state index in [0.29, 0.717) is 17.7 Å². The maximum atomic E-state index is 13.3. The molecule has 2 aromatic rings. The van der Waals surface area contributed by atoms with Gasteiger partial charge in [-0.05, 0) is 41.8 Å². The van der Waals surface area contributed by atoms with Crippen molar-refractivity contribution in [2.45, 2.75) is 25.0 Å². The summed E-state index contributed by atoms with van der Waals surface area (Å²) in [6.45, 7) is 0.288. The number of hydrogen-bond donors (Lipinski definition) is 1. The average molecular weight is 329 g/mol. The highest BCUT2D eigenvalue weighted by Gasteiger charge is 2.35. The number of carbonyl (C=O) groups is 1. The Balaban J connectivity index is 1.80. The minimum Gasteiger partial charge on any atom is -0.497 e. The van der Waals surface area contributed by atoms with Gasteiger partial charge in [0.05, 0.1) is 25.7 Å². The van der Waals surface area contributed by atoms with Crippen LogP contribution >= 0.6 is 0 Å². The van der Waals surface area contributed by atoms with Gasteiger partial charge < -0.3 is 14.7 Å². The quantitative estimate of drug-likeness (QED) is 0.938. The number of β-amino-alcohol motifs (C(OH)–C–C–N with tert-alkyl or cyclic N) is 1. The van der Waals surface area contributed by atoms with Crippen molar-refractivity contribution < 1.29 is 19.0 Å². The van der Waals surface area contributed by atoms with Crippen molar-refractivity contribution in [1.29, 1.82) is 0 Å². The van der Waals surface area contributed by atoms with Crippen LogP contribution in [-0.2, 0) is 11.2 Å². The number of likely N-dealkylation sites (tertiary alicyclic amines) is 1. The first-order valence-corrected chi connectivity index (χ1v) is 7.92. The zero-order valence-electron chi connectivity index (χ0n) is 13.5. The summed E-state index contributed by atoms with van der Waals surface area (Å²) in [5.41, 5.74) is 1.56. The van der Waals surface area contributed by atoms with E-state index < -0.39 is 6.10 Å². The number of carbonyl (C=O) groups excluding carboxylic acids is 1. The third-order valence-electron chi connectivity index (χ3n) is 4.32. The second-order valence-corrected chi connectivity index (χ2v) is 6.03. The molecule has 0 radical (unpaired) electrons. The summed E-state index contributed by atoms with van der Waals surface area (Å²) >= 11 is 0. The van der Waals surface area contributed by atoms with Crippen molar-refractivity contribution in [3.05, 3.63) is 65.5 Å². The Bertz CT molecular complexity index is 734. The highest BCUT2D eigenvalue weighted by Crippen LogP contribution is 2.34. The van der Waals surface area contributed by atoms with Gasteiger partial charge in [-0.1, -0.05) is 24.3 Å². The molecule has 1 aliphatic rings. The van der Waals surface area contributed by atoms with Gasteiger partial charge in [-0.15, -0.1) is 0 Å². The zero-order valence-corrected chi connectivity index (χ0v) is 13.5. The third-order valence-corrected chi connectivity index (χ3v) is 4.32. The Morgan fingerprint density at radius 1 is 1.29 bits per heavy atom. The number of ether oxygens (including phenoxy) is 1. The van der Waals surface area contributed by atoms with Crippen molar-refractivity contribution in [2.24, 2.45) is 0 Å². The molecule has 0 bridgehead atoms. The topological polar surface area (TPSA) is 49.8 Å². The van der Waals surface area contributed by atoms with Gasteiger partial charge in [-0.2, -0.15) is 0 Å². The van der Waals surface area contributed by atoms with Crippen LogP contribution in [-0.4, -0.2) is 35.7 Å². The Hall–Kier alpha value is -2.40. The second kappa shape index (κ2) is 7.01. The largest absolute Gasteiger partial charge is 0.497 e. The molecule has 1 amide bonds. The molecule has 126 valence electrons. The zero-order chi connectivity index (χ0) is 17.1. The number of halogens is 1. The molecule has 2 aromatic carbocycles. The van der Waals surface area contributed by atoms with E-state index in [9.17, 15) is 14.3 Å². The van der Waals surface area contributed by atoms with Crippen molar-refractivity contribution in [2.75, 3.05) is 13.7 Å². The SMILES string of the molecule is COc1cccc([C@@H]2C[C@@H](O)CN2C(=O)Cc2cccc(F)c2)c1. The molecule has 0 aromatic heterocycles. The Labute approximate surface area is 140 Å². The van der Waals surface area contributed by atoms with Crippen LogP contribution in [0.2, 0.25) is 0 Å². The minimum absolute atomic E-state index is 0.116. The van der Waals surface area contributed by atoms with Crippen LogP contribution in [0.1, 0.15) is 23.6 Å². The van der Waals surface area contributed by atoms with Crippen molar-refractivity contribution in [3.8, 4) is 5.75 Å². The number of amides is 1. The lowest BCUT2D eigenvalue weighted by molar-refractivity contribution is -0.131. The Morgan fingerprint density at radius 3 is 2.83 bits per heavy atom. The highest BCUT2D eigenvalue weighted by atomic mass is 19.1. The minimum atomic E-state index is -0.558. The standard InChI is InChI=1S/C19H20FNO3/c1-24-17-7-3-5-14(10-17)18-11-16(22)12-21(18)19(23)9-13-4-2-6-15(20)8-13/h2-8,10,16,18,22H,9,11-12H2,1H3/t16-,18+/m1/s1. The summed E-state index contributed by atoms with van der Waals surface area (Å²) in [4.78, 5) is 14.3. The maximum absolute atomic E-state index is 13.3. The Kier molecular flexibility index (Phi) is 4.81. The van der Waals surface area contributed by atoms with Gasteiger partial charge in [-0.25, -0.2) is 4.39 Å². The van der Waals surface area contributed by atoms with Gasteiger partial charge in [0.1, 0.15) is 11.6 Å². The van der Waals surface area contributed by atoms with E-state index in [-0.39, 0.29) is 30.7 Å². The summed E-state index contributed by atoms with van der Waals surface area (Å²) in [7, 11) is 1.59. The molecule has 1 N–H and O–H groups in total. The van der Waals surface area contributed by atoms with Crippen LogP contribution in [0.25, 0.3) is 0 Å². The normalized spacial score (nSPS) is 20.2. The van der Waals surface area contributed by atoms with E-state index in [2.05, 4.69) is 0 Å². The van der Waals surface area contributed by atoms with Gasteiger partial charge in [0.25, 0.3) is 0 Å². The van der Waals surface area contributed by atoms with E-state index in [1.165, 1.54) is 12.1 Å². The molecule has 1 aliphatic heterocycles. The van der Waals surface area contributed by atoms with Crippen LogP contribution in [0.4, 0.5) is 4.39 Å². The van der Waals surface area contributed by atoms with Crippen molar-refractivity contribution in [1.82, 2.24) is 4.90 Å². The second-order valence-electron chi connectivity index (χ2n) is 6.03. The molecular formula is C19H20FNO3. The van der Waals surface area contributed by atoms with Crippen LogP contribution in [0.5, 0.6) is 5.75 Å². The van der Waals surface area contributed by atoms with Gasteiger partial charge in [0.2, 0.25) is 5.91 Å². The van der Waals surface area contributed by atoms with Crippen LogP contribution < -0.4 is 4.74 Å². The molecule has 0 saturated carbocycles. The molecule has 0 spiro atoms. The van der Waals surface area contributed by atoms with Gasteiger partial charge in [0, 0.05) is 6.54 Å². The third kappa shape index (κ3) is 3.57. The van der Waals surface area contributed by atoms with Gasteiger partial charge in [0.15, 0.2) is 0 Å². The van der Waals surface area contributed by atoms with Crippen molar-refractivity contribution in [3.63, 3.8) is 0 Å². The summed E-state index contributed by atoms with van der Waals surface area (Å²) in [6.07, 6.45) is 0.0465. The molecule has 1 saturated heterocycles. The van der Waals surface area contributed by atoms with E-state index in [4.69, 9.17) is 4.74 Å². The van der Waals surface area contributed by atoms with Crippen molar-refractivity contribution >= 4 is 5.91 Å². The van der Waals surface area contributed by atoms with Gasteiger partial charge >= 0.3 is 0 Å². The number of aliphatic hydroxyl groups excluding tert-OH is 1. The number of aliphatic hydroxyl groups is 1. The highest BCUT2D eigenvalue weighted by molar-refractivity contribution is 5.79. The van der Waals surface area contributed by atoms with Crippen LogP contribution in [0, 0.1) is 5.82 Å². The Morgan fingerprint density at radius 2 is 2.08 bits per heavy atom. The molecule has 0 aliphatic carbocycles. The average Bonchev–Trinajstić information content (AvgIpc) is 2.97. The van der Waals surface area contributed by atoms with Gasteiger partial charge in [-0.3, -0.25) is 4.79 Å². The molecule has 0 unspecified atom stereocenters. The molecule has 3 rings (SSSR count). The summed E-state index contributed by atoms with van der Waals surface area (Å²) in [6, 6.07) is 13.4. The number of methoxy groups -OCH3 is 1. The lowest BCUT2D eigenvalue weighted by Gasteiger charge is -2.25. The molecular weight excluding hydrogens is 309 g/mol. The number of benzene rings is 2. The lowest BCUT2D eigenvalue weighted by atomic mass is 10.0. The number of rotatable bonds is 4. The number of hydrogen-bond acceptors (Lipinski definition) is 3. The predicted octanol–water partition coefficient (Wildman–Crippen LogP) is 2.71. The first kappa shape index (κ1) is 16.5. The molecule has 2 atom stereocenters. The fourth-order valence-electron chi connectivity index (χ4n) is 3.18. The van der Waals surface area contributed by atoms with E-state index in [0.717, 1.165) is 5.56 Å². The molecule has 24 heavy (non-hydrogen) atoms. The summed E-state index contributed by atoms with van der Waals surface area (Å²) < 4.78 is 18.5. The van der Waals surface area contributed by atoms with Crippen LogP contribution in [0.15, 0.2) is 48.5 Å². The fraction of sp³-hybridized carbons (Fsp3) is 0.316. The summed E-state index contributed by atoms with van der Waals surface area (Å²) in [5, 5.41) is 10.0. The molecule has 1 heterocycles. The predicted molar refractivity (Wildman–Crippen MR) is 88.2 cm³/mol. The molecule has 5 heteroatoms. The molecule has 1 fully saturated rings. The lowest BCUT2D eigenvalue weighted by Crippen LogP contribution is -2.33. The monoisotopic (exact) mass is 329 g/mol. The van der Waals surface area contributed by atoms with E-state index in [1.807, 2.05) is 24.3 Å². The first-order valence-electron chi connectivity index (χ1n) is 7.92. The summed E-state index contributed by atoms with van der Waals surface area (Å²) in [5.74, 6) is 0.238. The smallest absolute Gasteiger partial charge is 0.227 e. The van der Waals surface area contributed by atoms with E-state index in [1.54, 1.807) is 24.1 Å². The maximum Gasteiger partial charge on any atom is 0.227 e.